The number of carbonyl (C=O) groups excluding carboxylic acids is 3. The molecule has 3 rings (SSSR count). The molecule has 1 saturated heterocycles. The Kier molecular flexibility index (Phi) is 7.81. The van der Waals surface area contributed by atoms with E-state index in [0.29, 0.717) is 22.2 Å². The van der Waals surface area contributed by atoms with Crippen LogP contribution in [0.4, 0.5) is 11.4 Å². The van der Waals surface area contributed by atoms with Crippen molar-refractivity contribution in [3.63, 3.8) is 0 Å². The molecule has 1 unspecified atom stereocenters. The van der Waals surface area contributed by atoms with Gasteiger partial charge in [-0.3, -0.25) is 14.4 Å². The van der Waals surface area contributed by atoms with Crippen molar-refractivity contribution in [3.8, 4) is 11.5 Å². The van der Waals surface area contributed by atoms with E-state index < -0.39 is 18.5 Å². The molecule has 0 aliphatic carbocycles. The van der Waals surface area contributed by atoms with Gasteiger partial charge < -0.3 is 24.0 Å². The Morgan fingerprint density at radius 3 is 2.39 bits per heavy atom. The molecule has 0 bridgehead atoms. The average molecular weight is 475 g/mol. The summed E-state index contributed by atoms with van der Waals surface area (Å²) in [5, 5.41) is 0.312. The van der Waals surface area contributed by atoms with Gasteiger partial charge in [0.2, 0.25) is 5.91 Å². The van der Waals surface area contributed by atoms with Crippen LogP contribution in [0.3, 0.4) is 0 Å². The maximum absolute atomic E-state index is 12.8. The predicted molar refractivity (Wildman–Crippen MR) is 125 cm³/mol. The quantitative estimate of drug-likeness (QED) is 0.542. The number of amides is 2. The number of benzene rings is 2. The van der Waals surface area contributed by atoms with E-state index in [2.05, 4.69) is 0 Å². The highest BCUT2D eigenvalue weighted by molar-refractivity contribution is 6.32. The second kappa shape index (κ2) is 10.6. The summed E-state index contributed by atoms with van der Waals surface area (Å²) in [7, 11) is 2.95. The molecule has 2 aromatic rings. The van der Waals surface area contributed by atoms with E-state index in [1.807, 2.05) is 44.2 Å². The first-order valence-electron chi connectivity index (χ1n) is 10.5. The fourth-order valence-corrected chi connectivity index (χ4v) is 4.03. The number of methoxy groups -OCH3 is 2. The zero-order valence-corrected chi connectivity index (χ0v) is 19.8. The zero-order chi connectivity index (χ0) is 24.1. The van der Waals surface area contributed by atoms with Gasteiger partial charge in [0.05, 0.1) is 30.8 Å². The van der Waals surface area contributed by atoms with Crippen LogP contribution in [0.15, 0.2) is 42.5 Å². The van der Waals surface area contributed by atoms with Gasteiger partial charge in [0.1, 0.15) is 11.5 Å². The summed E-state index contributed by atoms with van der Waals surface area (Å²) in [6.07, 6.45) is -0.0353. The molecule has 2 amide bonds. The second-order valence-corrected chi connectivity index (χ2v) is 8.27. The Morgan fingerprint density at radius 1 is 1.12 bits per heavy atom. The van der Waals surface area contributed by atoms with Gasteiger partial charge in [0, 0.05) is 30.8 Å². The van der Waals surface area contributed by atoms with E-state index >= 15 is 0 Å². The van der Waals surface area contributed by atoms with Crippen molar-refractivity contribution in [2.75, 3.05) is 37.2 Å². The first kappa shape index (κ1) is 24.4. The van der Waals surface area contributed by atoms with E-state index in [4.69, 9.17) is 25.8 Å². The van der Waals surface area contributed by atoms with Crippen molar-refractivity contribution in [2.45, 2.75) is 26.3 Å². The number of hydrogen-bond donors (Lipinski definition) is 0. The lowest BCUT2D eigenvalue weighted by Crippen LogP contribution is -2.40. The van der Waals surface area contributed by atoms with Crippen molar-refractivity contribution in [1.82, 2.24) is 0 Å². The van der Waals surface area contributed by atoms with Crippen LogP contribution < -0.4 is 19.3 Å². The van der Waals surface area contributed by atoms with Crippen molar-refractivity contribution in [2.24, 2.45) is 5.92 Å². The maximum atomic E-state index is 12.8. The van der Waals surface area contributed by atoms with Crippen LogP contribution >= 0.6 is 11.6 Å². The largest absolute Gasteiger partial charge is 0.495 e. The van der Waals surface area contributed by atoms with Gasteiger partial charge in [-0.2, -0.15) is 0 Å². The topological polar surface area (TPSA) is 85.4 Å². The number of nitrogens with zero attached hydrogens (tertiary/aromatic N) is 2. The number of carbonyl (C=O) groups is 3. The van der Waals surface area contributed by atoms with Crippen LogP contribution in [0.5, 0.6) is 11.5 Å². The molecule has 9 heteroatoms. The van der Waals surface area contributed by atoms with Crippen molar-refractivity contribution < 1.29 is 28.6 Å². The lowest BCUT2D eigenvalue weighted by atomic mass is 10.1. The van der Waals surface area contributed by atoms with Gasteiger partial charge in [0.15, 0.2) is 6.61 Å². The molecule has 1 fully saturated rings. The molecule has 2 aromatic carbocycles. The minimum Gasteiger partial charge on any atom is -0.495 e. The third-order valence-corrected chi connectivity index (χ3v) is 5.66. The molecule has 0 saturated carbocycles. The fourth-order valence-electron chi connectivity index (χ4n) is 3.79. The Labute approximate surface area is 198 Å². The van der Waals surface area contributed by atoms with E-state index in [-0.39, 0.29) is 30.8 Å². The van der Waals surface area contributed by atoms with Gasteiger partial charge in [-0.25, -0.2) is 0 Å². The van der Waals surface area contributed by atoms with E-state index in [1.54, 1.807) is 17.0 Å². The molecule has 8 nitrogen and oxygen atoms in total. The number of rotatable bonds is 8. The third-order valence-electron chi connectivity index (χ3n) is 5.36. The normalized spacial score (nSPS) is 15.5. The minimum atomic E-state index is -0.708. The van der Waals surface area contributed by atoms with E-state index in [0.717, 1.165) is 5.69 Å². The van der Waals surface area contributed by atoms with Crippen molar-refractivity contribution >= 4 is 40.8 Å². The molecule has 1 atom stereocenters. The van der Waals surface area contributed by atoms with Gasteiger partial charge in [-0.15, -0.1) is 0 Å². The van der Waals surface area contributed by atoms with E-state index in [1.165, 1.54) is 19.1 Å². The van der Waals surface area contributed by atoms with E-state index in [9.17, 15) is 14.4 Å². The number of para-hydroxylation sites is 1. The smallest absolute Gasteiger partial charge is 0.311 e. The molecule has 0 aromatic heterocycles. The number of esters is 1. The first-order chi connectivity index (χ1) is 15.8. The number of ether oxygens (including phenoxy) is 3. The van der Waals surface area contributed by atoms with Gasteiger partial charge in [0.25, 0.3) is 5.91 Å². The summed E-state index contributed by atoms with van der Waals surface area (Å²) in [6.45, 7) is 3.45. The van der Waals surface area contributed by atoms with Crippen LogP contribution in [0, 0.1) is 5.92 Å². The molecule has 33 heavy (non-hydrogen) atoms. The molecule has 0 radical (unpaired) electrons. The second-order valence-electron chi connectivity index (χ2n) is 7.86. The number of hydrogen-bond acceptors (Lipinski definition) is 6. The molecule has 176 valence electrons. The highest BCUT2D eigenvalue weighted by Gasteiger charge is 2.38. The van der Waals surface area contributed by atoms with Crippen LogP contribution in [0.2, 0.25) is 5.02 Å². The summed E-state index contributed by atoms with van der Waals surface area (Å²) in [5.74, 6) is -1.12. The minimum absolute atomic E-state index is 0.0353. The molecule has 1 heterocycles. The SMILES string of the molecule is COc1cc(OC)c(N2CC(C(=O)OCC(=O)N(c3ccccc3)C(C)C)CC2=O)cc1Cl. The molecular formula is C24H27ClN2O6. The van der Waals surface area contributed by atoms with Gasteiger partial charge >= 0.3 is 5.97 Å². The maximum Gasteiger partial charge on any atom is 0.311 e. The first-order valence-corrected chi connectivity index (χ1v) is 10.9. The standard InChI is InChI=1S/C24H27ClN2O6/c1-15(2)27(17-8-6-5-7-9-17)23(29)14-33-24(30)16-10-22(28)26(13-16)19-11-18(25)20(31-3)12-21(19)32-4/h5-9,11-12,15-16H,10,13-14H2,1-4H3. The Hall–Kier alpha value is -3.26. The molecule has 1 aliphatic rings. The Morgan fingerprint density at radius 2 is 1.79 bits per heavy atom. The van der Waals surface area contributed by atoms with Gasteiger partial charge in [-0.05, 0) is 32.0 Å². The zero-order valence-electron chi connectivity index (χ0n) is 19.0. The summed E-state index contributed by atoms with van der Waals surface area (Å²) >= 11 is 6.22. The summed E-state index contributed by atoms with van der Waals surface area (Å²) in [4.78, 5) is 41.1. The summed E-state index contributed by atoms with van der Waals surface area (Å²) in [5.41, 5.74) is 1.16. The monoisotopic (exact) mass is 474 g/mol. The van der Waals surface area contributed by atoms with Crippen LogP contribution in [0.25, 0.3) is 0 Å². The van der Waals surface area contributed by atoms with Crippen LogP contribution in [-0.4, -0.2) is 51.2 Å². The molecule has 0 spiro atoms. The molecule has 0 N–H and O–H groups in total. The number of anilines is 2. The summed E-state index contributed by atoms with van der Waals surface area (Å²) in [6, 6.07) is 12.2. The third kappa shape index (κ3) is 5.39. The van der Waals surface area contributed by atoms with Crippen molar-refractivity contribution in [1.29, 1.82) is 0 Å². The summed E-state index contributed by atoms with van der Waals surface area (Å²) < 4.78 is 15.9. The van der Waals surface area contributed by atoms with Crippen molar-refractivity contribution in [3.05, 3.63) is 47.5 Å². The lowest BCUT2D eigenvalue weighted by Gasteiger charge is -2.26. The Balaban J connectivity index is 1.67. The molecule has 1 aliphatic heterocycles. The molecular weight excluding hydrogens is 448 g/mol. The van der Waals surface area contributed by atoms with Crippen LogP contribution in [0.1, 0.15) is 20.3 Å². The average Bonchev–Trinajstić information content (AvgIpc) is 3.19. The fraction of sp³-hybridized carbons (Fsp3) is 0.375. The number of halogens is 1. The predicted octanol–water partition coefficient (Wildman–Crippen LogP) is 3.69. The highest BCUT2D eigenvalue weighted by atomic mass is 35.5. The van der Waals surface area contributed by atoms with Gasteiger partial charge in [-0.1, -0.05) is 29.8 Å². The Bertz CT molecular complexity index is 1030. The lowest BCUT2D eigenvalue weighted by molar-refractivity contribution is -0.151. The van der Waals surface area contributed by atoms with Crippen LogP contribution in [-0.2, 0) is 19.1 Å². The highest BCUT2D eigenvalue weighted by Crippen LogP contribution is 2.40.